The number of morpholine rings is 1. The van der Waals surface area contributed by atoms with Crippen LogP contribution in [0.4, 0.5) is 18.9 Å². The lowest BCUT2D eigenvalue weighted by Gasteiger charge is -2.29. The molecule has 1 fully saturated rings. The fraction of sp³-hybridized carbons (Fsp3) is 0.462. The number of amides is 1. The van der Waals surface area contributed by atoms with E-state index in [9.17, 15) is 18.0 Å². The van der Waals surface area contributed by atoms with Gasteiger partial charge in [0, 0.05) is 44.0 Å². The van der Waals surface area contributed by atoms with Gasteiger partial charge in [0.2, 0.25) is 11.8 Å². The van der Waals surface area contributed by atoms with E-state index in [4.69, 9.17) is 19.2 Å². The summed E-state index contributed by atoms with van der Waals surface area (Å²) in [7, 11) is 1.53. The quantitative estimate of drug-likeness (QED) is 0.465. The van der Waals surface area contributed by atoms with Gasteiger partial charge >= 0.3 is 6.18 Å². The van der Waals surface area contributed by atoms with E-state index in [0.717, 1.165) is 51.0 Å². The second-order valence-corrected chi connectivity index (χ2v) is 9.18. The number of carbonyl (C=O) groups is 1. The Hall–Kier alpha value is -3.91. The number of hydrogen-bond acceptors (Lipinski definition) is 10. The molecule has 1 amide bonds. The third-order valence-corrected chi connectivity index (χ3v) is 6.44. The zero-order chi connectivity index (χ0) is 28.1. The second kappa shape index (κ2) is 12.1. The van der Waals surface area contributed by atoms with Crippen molar-refractivity contribution in [3.05, 3.63) is 41.6 Å². The molecule has 3 aliphatic rings. The number of methoxy groups -OCH3 is 1. The van der Waals surface area contributed by atoms with Crippen LogP contribution in [0.15, 0.2) is 40.4 Å². The first kappa shape index (κ1) is 27.6. The van der Waals surface area contributed by atoms with Gasteiger partial charge in [0.25, 0.3) is 5.91 Å². The first-order chi connectivity index (χ1) is 19.3. The molecule has 1 aromatic carbocycles. The maximum Gasteiger partial charge on any atom is 0.422 e. The first-order valence-corrected chi connectivity index (χ1v) is 12.8. The molecule has 14 heteroatoms. The van der Waals surface area contributed by atoms with E-state index in [1.54, 1.807) is 4.90 Å². The van der Waals surface area contributed by atoms with Gasteiger partial charge in [0.1, 0.15) is 11.5 Å². The summed E-state index contributed by atoms with van der Waals surface area (Å²) in [5.41, 5.74) is 1.35. The Morgan fingerprint density at radius 3 is 2.67 bits per heavy atom. The SMILES string of the molecule is COc1c(OCCCN2CCOCC2)ccc2c1N=C(NC(=O)c1ccc(OCC(F)(F)F)nc1)N1CCN=C21. The minimum absolute atomic E-state index is 0.120. The van der Waals surface area contributed by atoms with Crippen LogP contribution in [0.5, 0.6) is 17.4 Å². The fourth-order valence-electron chi connectivity index (χ4n) is 4.53. The highest BCUT2D eigenvalue weighted by Crippen LogP contribution is 2.43. The van der Waals surface area contributed by atoms with E-state index < -0.39 is 18.7 Å². The van der Waals surface area contributed by atoms with Crippen LogP contribution < -0.4 is 19.5 Å². The number of alkyl halides is 3. The molecule has 1 saturated heterocycles. The van der Waals surface area contributed by atoms with Crippen molar-refractivity contribution in [1.29, 1.82) is 0 Å². The van der Waals surface area contributed by atoms with Crippen LogP contribution in [0.3, 0.4) is 0 Å². The van der Waals surface area contributed by atoms with Crippen molar-refractivity contribution in [2.24, 2.45) is 9.98 Å². The van der Waals surface area contributed by atoms with Gasteiger partial charge in [0.15, 0.2) is 18.1 Å². The summed E-state index contributed by atoms with van der Waals surface area (Å²) in [5, 5.41) is 2.77. The van der Waals surface area contributed by atoms with Crippen molar-refractivity contribution < 1.29 is 36.9 Å². The molecule has 3 aliphatic heterocycles. The van der Waals surface area contributed by atoms with Gasteiger partial charge in [-0.1, -0.05) is 0 Å². The highest BCUT2D eigenvalue weighted by molar-refractivity contribution is 6.20. The van der Waals surface area contributed by atoms with Gasteiger partial charge < -0.3 is 18.9 Å². The van der Waals surface area contributed by atoms with Crippen LogP contribution in [0.25, 0.3) is 0 Å². The van der Waals surface area contributed by atoms with Crippen LogP contribution in [0, 0.1) is 0 Å². The molecule has 0 spiro atoms. The van der Waals surface area contributed by atoms with E-state index in [2.05, 4.69) is 24.9 Å². The van der Waals surface area contributed by atoms with Gasteiger partial charge in [-0.2, -0.15) is 13.2 Å². The third kappa shape index (κ3) is 6.45. The van der Waals surface area contributed by atoms with Crippen molar-refractivity contribution in [1.82, 2.24) is 20.1 Å². The Kier molecular flexibility index (Phi) is 8.35. The zero-order valence-corrected chi connectivity index (χ0v) is 21.9. The Morgan fingerprint density at radius 1 is 1.12 bits per heavy atom. The van der Waals surface area contributed by atoms with Gasteiger partial charge in [-0.25, -0.2) is 9.98 Å². The molecule has 214 valence electrons. The fourth-order valence-corrected chi connectivity index (χ4v) is 4.53. The lowest BCUT2D eigenvalue weighted by molar-refractivity contribution is -0.154. The highest BCUT2D eigenvalue weighted by Gasteiger charge is 2.33. The van der Waals surface area contributed by atoms with Crippen LogP contribution >= 0.6 is 0 Å². The van der Waals surface area contributed by atoms with E-state index >= 15 is 0 Å². The van der Waals surface area contributed by atoms with Crippen molar-refractivity contribution in [2.75, 3.05) is 66.3 Å². The Labute approximate surface area is 228 Å². The molecule has 40 heavy (non-hydrogen) atoms. The number of pyridine rings is 1. The molecule has 1 N–H and O–H groups in total. The third-order valence-electron chi connectivity index (χ3n) is 6.44. The number of guanidine groups is 1. The smallest absolute Gasteiger partial charge is 0.422 e. The van der Waals surface area contributed by atoms with E-state index in [-0.39, 0.29) is 17.4 Å². The molecular formula is C26H29F3N6O5. The Bertz CT molecular complexity index is 1280. The summed E-state index contributed by atoms with van der Waals surface area (Å²) in [6, 6.07) is 6.23. The number of benzene rings is 1. The number of nitrogens with one attached hydrogen (secondary N) is 1. The largest absolute Gasteiger partial charge is 0.491 e. The average Bonchev–Trinajstić information content (AvgIpc) is 3.45. The van der Waals surface area contributed by atoms with Gasteiger partial charge in [-0.15, -0.1) is 0 Å². The molecular weight excluding hydrogens is 533 g/mol. The average molecular weight is 563 g/mol. The minimum Gasteiger partial charge on any atom is -0.491 e. The lowest BCUT2D eigenvalue weighted by Crippen LogP contribution is -2.47. The predicted octanol–water partition coefficient (Wildman–Crippen LogP) is 2.63. The minimum atomic E-state index is -4.49. The lowest BCUT2D eigenvalue weighted by atomic mass is 10.1. The Balaban J connectivity index is 1.30. The van der Waals surface area contributed by atoms with Crippen molar-refractivity contribution >= 4 is 23.4 Å². The number of aromatic nitrogens is 1. The summed E-state index contributed by atoms with van der Waals surface area (Å²) in [6.07, 6.45) is -2.52. The molecule has 0 aliphatic carbocycles. The topological polar surface area (TPSA) is 110 Å². The number of aliphatic imine (C=N–C) groups is 2. The number of hydrogen-bond donors (Lipinski definition) is 1. The Morgan fingerprint density at radius 2 is 1.95 bits per heavy atom. The maximum atomic E-state index is 13.0. The number of amidine groups is 1. The molecule has 11 nitrogen and oxygen atoms in total. The molecule has 4 heterocycles. The van der Waals surface area contributed by atoms with Crippen molar-refractivity contribution in [3.8, 4) is 17.4 Å². The zero-order valence-electron chi connectivity index (χ0n) is 21.9. The van der Waals surface area contributed by atoms with Crippen molar-refractivity contribution in [3.63, 3.8) is 0 Å². The van der Waals surface area contributed by atoms with Crippen LogP contribution in [-0.4, -0.2) is 105 Å². The molecule has 1 aromatic heterocycles. The van der Waals surface area contributed by atoms with Crippen molar-refractivity contribution in [2.45, 2.75) is 12.6 Å². The van der Waals surface area contributed by atoms with Gasteiger partial charge in [-0.05, 0) is 24.6 Å². The first-order valence-electron chi connectivity index (χ1n) is 12.8. The van der Waals surface area contributed by atoms with Crippen LogP contribution in [0.1, 0.15) is 22.3 Å². The predicted molar refractivity (Wildman–Crippen MR) is 139 cm³/mol. The monoisotopic (exact) mass is 562 g/mol. The normalized spacial score (nSPS) is 16.9. The maximum absolute atomic E-state index is 13.0. The molecule has 0 saturated carbocycles. The highest BCUT2D eigenvalue weighted by atomic mass is 19.4. The number of carbonyl (C=O) groups excluding carboxylic acids is 1. The molecule has 0 bridgehead atoms. The number of halogens is 3. The number of ether oxygens (including phenoxy) is 4. The van der Waals surface area contributed by atoms with E-state index in [1.165, 1.54) is 19.2 Å². The molecule has 0 atom stereocenters. The summed E-state index contributed by atoms with van der Waals surface area (Å²) < 4.78 is 58.9. The summed E-state index contributed by atoms with van der Waals surface area (Å²) in [6.45, 7) is 4.26. The van der Waals surface area contributed by atoms with Crippen LogP contribution in [0.2, 0.25) is 0 Å². The van der Waals surface area contributed by atoms with Crippen LogP contribution in [-0.2, 0) is 4.74 Å². The van der Waals surface area contributed by atoms with Gasteiger partial charge in [-0.3, -0.25) is 24.9 Å². The molecule has 0 radical (unpaired) electrons. The van der Waals surface area contributed by atoms with E-state index in [0.29, 0.717) is 42.7 Å². The second-order valence-electron chi connectivity index (χ2n) is 9.18. The molecule has 5 rings (SSSR count). The summed E-state index contributed by atoms with van der Waals surface area (Å²) in [4.78, 5) is 30.2. The molecule has 2 aromatic rings. The van der Waals surface area contributed by atoms with E-state index in [1.807, 2.05) is 12.1 Å². The number of fused-ring (bicyclic) bond motifs is 3. The molecule has 0 unspecified atom stereocenters. The summed E-state index contributed by atoms with van der Waals surface area (Å²) in [5.74, 6) is 1.06. The summed E-state index contributed by atoms with van der Waals surface area (Å²) >= 11 is 0. The standard InChI is InChI=1S/C26H29F3N6O5/c1-37-22-19(39-12-2-8-34-10-13-38-14-11-34)5-4-18-21(22)32-25(35-9-7-30-23(18)35)33-24(36)17-3-6-20(31-15-17)40-16-26(27,28)29/h3-6,15H,2,7-14,16H2,1H3,(H,32,33,36). The van der Waals surface area contributed by atoms with Gasteiger partial charge in [0.05, 0.1) is 39.0 Å². The number of rotatable bonds is 9. The number of nitrogens with zero attached hydrogens (tertiary/aromatic N) is 5.